The van der Waals surface area contributed by atoms with Crippen molar-refractivity contribution in [2.75, 3.05) is 72.1 Å². The van der Waals surface area contributed by atoms with E-state index in [0.717, 1.165) is 12.8 Å². The van der Waals surface area contributed by atoms with Crippen LogP contribution in [0.1, 0.15) is 41.7 Å². The van der Waals surface area contributed by atoms with Gasteiger partial charge in [0.25, 0.3) is 11.8 Å². The summed E-state index contributed by atoms with van der Waals surface area (Å²) >= 11 is 0. The molecule has 3 aliphatic rings. The number of halogens is 2. The van der Waals surface area contributed by atoms with E-state index in [2.05, 4.69) is 24.9 Å². The van der Waals surface area contributed by atoms with Crippen LogP contribution in [0.15, 0.2) is 24.3 Å². The lowest BCUT2D eigenvalue weighted by atomic mass is 9.95. The van der Waals surface area contributed by atoms with Gasteiger partial charge in [0, 0.05) is 63.3 Å². The van der Waals surface area contributed by atoms with E-state index >= 15 is 0 Å². The van der Waals surface area contributed by atoms with Crippen LogP contribution in [0.25, 0.3) is 0 Å². The highest BCUT2D eigenvalue weighted by molar-refractivity contribution is 7.92. The maximum Gasteiger partial charge on any atom is 0.258 e. The summed E-state index contributed by atoms with van der Waals surface area (Å²) in [5.41, 5.74) is 1.94. The molecule has 224 valence electrons. The Balaban J connectivity index is 1.39. The molecule has 1 saturated carbocycles. The summed E-state index contributed by atoms with van der Waals surface area (Å²) in [4.78, 5) is 26.2. The van der Waals surface area contributed by atoms with Gasteiger partial charge >= 0.3 is 0 Å². The van der Waals surface area contributed by atoms with Gasteiger partial charge in [-0.05, 0) is 43.9 Å². The number of aliphatic hydroxyl groups excluding tert-OH is 1. The highest BCUT2D eigenvalue weighted by Gasteiger charge is 2.56. The number of fused-ring (bicyclic) bond motifs is 1. The average molecular weight is 595 g/mol. The molecule has 3 heterocycles. The van der Waals surface area contributed by atoms with Gasteiger partial charge < -0.3 is 25.0 Å². The first-order valence-corrected chi connectivity index (χ1v) is 15.4. The molecular weight excluding hydrogens is 558 g/mol. The molecule has 2 unspecified atom stereocenters. The van der Waals surface area contributed by atoms with Crippen LogP contribution in [0.5, 0.6) is 0 Å². The Hall–Kier alpha value is -3.10. The first kappa shape index (κ1) is 29.4. The smallest absolute Gasteiger partial charge is 0.258 e. The van der Waals surface area contributed by atoms with Gasteiger partial charge in [-0.1, -0.05) is 0 Å². The Morgan fingerprint density at radius 3 is 2.56 bits per heavy atom. The van der Waals surface area contributed by atoms with Gasteiger partial charge in [-0.25, -0.2) is 22.2 Å². The van der Waals surface area contributed by atoms with Crippen LogP contribution in [-0.2, 0) is 14.8 Å². The number of hydrogen-bond acceptors (Lipinski definition) is 9. The topological polar surface area (TPSA) is 137 Å². The quantitative estimate of drug-likeness (QED) is 0.379. The molecule has 1 aromatic heterocycles. The van der Waals surface area contributed by atoms with Crippen molar-refractivity contribution < 1.29 is 31.8 Å². The molecule has 2 atom stereocenters. The van der Waals surface area contributed by atoms with Gasteiger partial charge in [-0.2, -0.15) is 4.98 Å². The van der Waals surface area contributed by atoms with Crippen molar-refractivity contribution in [3.63, 3.8) is 0 Å². The number of methoxy groups -OCH3 is 1. The summed E-state index contributed by atoms with van der Waals surface area (Å²) in [6.45, 7) is 3.51. The van der Waals surface area contributed by atoms with Crippen LogP contribution in [0.3, 0.4) is 0 Å². The van der Waals surface area contributed by atoms with E-state index in [0.29, 0.717) is 42.6 Å². The number of nitrogens with zero attached hydrogens (tertiary/aromatic N) is 4. The Morgan fingerprint density at radius 2 is 1.88 bits per heavy atom. The third-order valence-electron chi connectivity index (χ3n) is 8.19. The van der Waals surface area contributed by atoms with E-state index < -0.39 is 34.2 Å². The fraction of sp³-hybridized carbons (Fsp3) is 0.593. The SMILES string of the molecule is COCC12CCN(c3cc(NS(=O)(=O)CCO)ccc3C(=O)Nc3cc(C)nc(N4CCC(F)(F)CC4)n3)CC1C2. The number of aliphatic hydroxyl groups is 1. The van der Waals surface area contributed by atoms with Crippen molar-refractivity contribution in [2.24, 2.45) is 11.3 Å². The lowest BCUT2D eigenvalue weighted by Gasteiger charge is -2.34. The van der Waals surface area contributed by atoms with E-state index in [9.17, 15) is 22.0 Å². The first-order chi connectivity index (χ1) is 19.4. The number of sulfonamides is 1. The molecule has 1 aromatic carbocycles. The molecule has 14 heteroatoms. The van der Waals surface area contributed by atoms with E-state index in [1.807, 2.05) is 0 Å². The molecule has 0 spiro atoms. The summed E-state index contributed by atoms with van der Waals surface area (Å²) in [5.74, 6) is -2.66. The lowest BCUT2D eigenvalue weighted by Crippen LogP contribution is -2.40. The summed E-state index contributed by atoms with van der Waals surface area (Å²) in [7, 11) is -2.07. The van der Waals surface area contributed by atoms with E-state index in [1.165, 1.54) is 6.07 Å². The number of nitrogens with one attached hydrogen (secondary N) is 2. The maximum atomic E-state index is 13.7. The minimum Gasteiger partial charge on any atom is -0.395 e. The number of aromatic nitrogens is 2. The van der Waals surface area contributed by atoms with Gasteiger partial charge in [0.15, 0.2) is 0 Å². The summed E-state index contributed by atoms with van der Waals surface area (Å²) < 4.78 is 59.9. The van der Waals surface area contributed by atoms with Crippen LogP contribution in [0.4, 0.5) is 31.9 Å². The third kappa shape index (κ3) is 6.70. The number of piperidine rings is 2. The van der Waals surface area contributed by atoms with Gasteiger partial charge in [0.05, 0.1) is 35.9 Å². The molecule has 2 aliphatic heterocycles. The van der Waals surface area contributed by atoms with Crippen molar-refractivity contribution >= 4 is 39.1 Å². The molecule has 41 heavy (non-hydrogen) atoms. The number of hydrogen-bond donors (Lipinski definition) is 3. The Bertz CT molecular complexity index is 1400. The minimum absolute atomic E-state index is 0.113. The molecule has 11 nitrogen and oxygen atoms in total. The molecule has 3 fully saturated rings. The van der Waals surface area contributed by atoms with Crippen LogP contribution in [0.2, 0.25) is 0 Å². The molecule has 5 rings (SSSR count). The molecule has 1 aliphatic carbocycles. The molecule has 0 bridgehead atoms. The van der Waals surface area contributed by atoms with Gasteiger partial charge in [-0.15, -0.1) is 0 Å². The number of alkyl halides is 2. The van der Waals surface area contributed by atoms with Crippen LogP contribution < -0.4 is 19.8 Å². The van der Waals surface area contributed by atoms with E-state index in [1.54, 1.807) is 37.1 Å². The number of anilines is 4. The van der Waals surface area contributed by atoms with Gasteiger partial charge in [0.1, 0.15) is 5.82 Å². The maximum absolute atomic E-state index is 13.7. The standard InChI is InChI=1S/C27H36F2N6O5S/c1-18-13-23(32-25(30-18)34-9-6-27(28,29)7-10-34)31-24(37)21-4-3-20(33-41(38,39)12-11-36)14-22(21)35-8-5-26(17-40-2)15-19(26)16-35/h3-4,13-14,19,33,36H,5-12,15-17H2,1-2H3,(H,30,31,32,37). The highest BCUT2D eigenvalue weighted by atomic mass is 32.2. The molecule has 2 aromatic rings. The Morgan fingerprint density at radius 1 is 1.15 bits per heavy atom. The molecule has 0 radical (unpaired) electrons. The highest BCUT2D eigenvalue weighted by Crippen LogP contribution is 2.58. The first-order valence-electron chi connectivity index (χ1n) is 13.7. The van der Waals surface area contributed by atoms with Crippen LogP contribution in [-0.4, -0.2) is 87.6 Å². The Kier molecular flexibility index (Phi) is 8.09. The van der Waals surface area contributed by atoms with Gasteiger partial charge in [0.2, 0.25) is 16.0 Å². The predicted octanol–water partition coefficient (Wildman–Crippen LogP) is 2.87. The number of benzene rings is 1. The molecule has 3 N–H and O–H groups in total. The van der Waals surface area contributed by atoms with Crippen LogP contribution >= 0.6 is 0 Å². The molecular formula is C27H36F2N6O5S. The van der Waals surface area contributed by atoms with E-state index in [-0.39, 0.29) is 48.8 Å². The second-order valence-electron chi connectivity index (χ2n) is 11.3. The predicted molar refractivity (Wildman–Crippen MR) is 151 cm³/mol. The second-order valence-corrected chi connectivity index (χ2v) is 13.1. The normalized spacial score (nSPS) is 23.6. The summed E-state index contributed by atoms with van der Waals surface area (Å²) in [6, 6.07) is 6.32. The molecule has 2 saturated heterocycles. The fourth-order valence-corrected chi connectivity index (χ4v) is 6.67. The number of rotatable bonds is 10. The monoisotopic (exact) mass is 594 g/mol. The number of aryl methyl sites for hydroxylation is 1. The van der Waals surface area contributed by atoms with Crippen molar-refractivity contribution in [1.82, 2.24) is 9.97 Å². The zero-order chi connectivity index (χ0) is 29.4. The number of ether oxygens (including phenoxy) is 1. The van der Waals surface area contributed by atoms with Crippen molar-refractivity contribution in [3.8, 4) is 0 Å². The number of amides is 1. The molecule has 1 amide bonds. The largest absolute Gasteiger partial charge is 0.395 e. The zero-order valence-corrected chi connectivity index (χ0v) is 24.0. The van der Waals surface area contributed by atoms with Crippen molar-refractivity contribution in [2.45, 2.75) is 38.5 Å². The van der Waals surface area contributed by atoms with Crippen molar-refractivity contribution in [3.05, 3.63) is 35.5 Å². The lowest BCUT2D eigenvalue weighted by molar-refractivity contribution is -0.0222. The van der Waals surface area contributed by atoms with Crippen LogP contribution in [0, 0.1) is 18.3 Å². The summed E-state index contributed by atoms with van der Waals surface area (Å²) in [6.07, 6.45) is 1.35. The number of carbonyl (C=O) groups excluding carboxylic acids is 1. The van der Waals surface area contributed by atoms with Crippen molar-refractivity contribution in [1.29, 1.82) is 0 Å². The van der Waals surface area contributed by atoms with E-state index in [4.69, 9.17) is 9.84 Å². The average Bonchev–Trinajstić information content (AvgIpc) is 3.61. The zero-order valence-electron chi connectivity index (χ0n) is 23.2. The number of carbonyl (C=O) groups is 1. The second kappa shape index (κ2) is 11.3. The van der Waals surface area contributed by atoms with Gasteiger partial charge in [-0.3, -0.25) is 9.52 Å². The fourth-order valence-electron chi connectivity index (χ4n) is 5.84. The Labute approximate surface area is 238 Å². The summed E-state index contributed by atoms with van der Waals surface area (Å²) in [5, 5.41) is 11.9. The third-order valence-corrected chi connectivity index (χ3v) is 9.46. The minimum atomic E-state index is -3.77.